The van der Waals surface area contributed by atoms with E-state index in [1.165, 1.54) is 5.56 Å². The summed E-state index contributed by atoms with van der Waals surface area (Å²) < 4.78 is 31.1. The van der Waals surface area contributed by atoms with Crippen molar-refractivity contribution in [1.29, 1.82) is 0 Å². The zero-order valence-electron chi connectivity index (χ0n) is 20.2. The first-order valence-electron chi connectivity index (χ1n) is 11.9. The summed E-state index contributed by atoms with van der Waals surface area (Å²) in [4.78, 5) is 15.4. The Bertz CT molecular complexity index is 1230. The van der Waals surface area contributed by atoms with E-state index in [2.05, 4.69) is 36.2 Å². The maximum Gasteiger partial charge on any atom is 0.251 e. The standard InChI is InChI=1S/C28H32N2O4S/c1-21-17-30(18-22(2)34-21)19-24-13-11-23(12-14-24)16-29-28(31)26-8-6-7-25(15-26)20-35(32,33)27-9-4-3-5-10-27/h3-15,21-22H,16-20H2,1-2H3,(H,29,31). The Balaban J connectivity index is 1.32. The Hall–Kier alpha value is -3.00. The van der Waals surface area contributed by atoms with Gasteiger partial charge in [0.15, 0.2) is 9.84 Å². The third-order valence-electron chi connectivity index (χ3n) is 6.03. The smallest absolute Gasteiger partial charge is 0.251 e. The highest BCUT2D eigenvalue weighted by atomic mass is 32.2. The summed E-state index contributed by atoms with van der Waals surface area (Å²) in [5.41, 5.74) is 3.26. The van der Waals surface area contributed by atoms with Crippen molar-refractivity contribution in [3.63, 3.8) is 0 Å². The van der Waals surface area contributed by atoms with Crippen LogP contribution in [0.15, 0.2) is 83.8 Å². The number of ether oxygens (including phenoxy) is 1. The average Bonchev–Trinajstić information content (AvgIpc) is 2.83. The highest BCUT2D eigenvalue weighted by Crippen LogP contribution is 2.18. The molecule has 0 spiro atoms. The molecule has 1 aliphatic rings. The van der Waals surface area contributed by atoms with Gasteiger partial charge in [0.1, 0.15) is 0 Å². The summed E-state index contributed by atoms with van der Waals surface area (Å²) in [5.74, 6) is -0.385. The number of nitrogens with zero attached hydrogens (tertiary/aromatic N) is 1. The van der Waals surface area contributed by atoms with Gasteiger partial charge in [-0.3, -0.25) is 9.69 Å². The third kappa shape index (κ3) is 7.01. The van der Waals surface area contributed by atoms with Gasteiger partial charge in [0, 0.05) is 31.7 Å². The van der Waals surface area contributed by atoms with Crippen LogP contribution in [0.25, 0.3) is 0 Å². The van der Waals surface area contributed by atoms with E-state index < -0.39 is 9.84 Å². The second-order valence-electron chi connectivity index (χ2n) is 9.22. The number of morpholine rings is 1. The van der Waals surface area contributed by atoms with Crippen LogP contribution in [0, 0.1) is 0 Å². The van der Waals surface area contributed by atoms with Crippen molar-refractivity contribution in [3.05, 3.63) is 101 Å². The second kappa shape index (κ2) is 11.2. The lowest BCUT2D eigenvalue weighted by atomic mass is 10.1. The molecule has 1 heterocycles. The molecular weight excluding hydrogens is 460 g/mol. The molecular formula is C28H32N2O4S. The summed E-state index contributed by atoms with van der Waals surface area (Å²) in [6, 6.07) is 23.4. The Kier molecular flexibility index (Phi) is 8.00. The molecule has 1 N–H and O–H groups in total. The van der Waals surface area contributed by atoms with Crippen molar-refractivity contribution in [2.24, 2.45) is 0 Å². The minimum Gasteiger partial charge on any atom is -0.373 e. The molecule has 1 saturated heterocycles. The van der Waals surface area contributed by atoms with Gasteiger partial charge < -0.3 is 10.1 Å². The van der Waals surface area contributed by atoms with Crippen molar-refractivity contribution < 1.29 is 17.9 Å². The molecule has 1 aliphatic heterocycles. The molecule has 0 saturated carbocycles. The van der Waals surface area contributed by atoms with Crippen molar-refractivity contribution >= 4 is 15.7 Å². The van der Waals surface area contributed by atoms with Crippen molar-refractivity contribution in [2.45, 2.75) is 49.8 Å². The van der Waals surface area contributed by atoms with Crippen LogP contribution in [0.4, 0.5) is 0 Å². The van der Waals surface area contributed by atoms with Gasteiger partial charge in [0.05, 0.1) is 22.9 Å². The van der Waals surface area contributed by atoms with Crippen molar-refractivity contribution in [1.82, 2.24) is 10.2 Å². The Morgan fingerprint density at radius 2 is 1.54 bits per heavy atom. The van der Waals surface area contributed by atoms with Gasteiger partial charge in [-0.05, 0) is 54.8 Å². The van der Waals surface area contributed by atoms with Gasteiger partial charge in [-0.15, -0.1) is 0 Å². The molecule has 0 radical (unpaired) electrons. The first-order valence-corrected chi connectivity index (χ1v) is 13.5. The Labute approximate surface area is 207 Å². The first-order chi connectivity index (χ1) is 16.8. The molecule has 35 heavy (non-hydrogen) atoms. The number of hydrogen-bond acceptors (Lipinski definition) is 5. The number of sulfone groups is 1. The molecule has 3 aromatic carbocycles. The van der Waals surface area contributed by atoms with E-state index in [4.69, 9.17) is 4.74 Å². The maximum absolute atomic E-state index is 12.7. The molecule has 2 atom stereocenters. The zero-order chi connectivity index (χ0) is 24.8. The number of amides is 1. The maximum atomic E-state index is 12.7. The number of hydrogen-bond donors (Lipinski definition) is 1. The summed E-state index contributed by atoms with van der Waals surface area (Å²) in [5, 5.41) is 2.93. The minimum atomic E-state index is -3.47. The molecule has 4 rings (SSSR count). The fraction of sp³-hybridized carbons (Fsp3) is 0.321. The van der Waals surface area contributed by atoms with Crippen LogP contribution in [0.3, 0.4) is 0 Å². The van der Waals surface area contributed by atoms with E-state index in [-0.39, 0.29) is 28.8 Å². The molecule has 1 amide bonds. The van der Waals surface area contributed by atoms with Crippen LogP contribution in [-0.4, -0.2) is 44.5 Å². The molecule has 184 valence electrons. The largest absolute Gasteiger partial charge is 0.373 e. The van der Waals surface area contributed by atoms with E-state index in [0.29, 0.717) is 17.7 Å². The number of carbonyl (C=O) groups excluding carboxylic acids is 1. The predicted molar refractivity (Wildman–Crippen MR) is 137 cm³/mol. The summed E-state index contributed by atoms with van der Waals surface area (Å²) in [7, 11) is -3.47. The Morgan fingerprint density at radius 1 is 0.886 bits per heavy atom. The number of benzene rings is 3. The monoisotopic (exact) mass is 492 g/mol. The predicted octanol–water partition coefficient (Wildman–Crippen LogP) is 4.20. The fourth-order valence-corrected chi connectivity index (χ4v) is 5.81. The molecule has 0 aliphatic carbocycles. The fourth-order valence-electron chi connectivity index (χ4n) is 4.45. The summed E-state index contributed by atoms with van der Waals surface area (Å²) in [6.07, 6.45) is 0.482. The van der Waals surface area contributed by atoms with Crippen molar-refractivity contribution in [2.75, 3.05) is 13.1 Å². The lowest BCUT2D eigenvalue weighted by Gasteiger charge is -2.35. The van der Waals surface area contributed by atoms with Gasteiger partial charge in [-0.1, -0.05) is 54.6 Å². The van der Waals surface area contributed by atoms with Crippen molar-refractivity contribution in [3.8, 4) is 0 Å². The molecule has 0 bridgehead atoms. The number of rotatable bonds is 8. The zero-order valence-corrected chi connectivity index (χ0v) is 21.0. The lowest BCUT2D eigenvalue weighted by molar-refractivity contribution is -0.0704. The third-order valence-corrected chi connectivity index (χ3v) is 7.73. The van der Waals surface area contributed by atoms with Crippen LogP contribution in [-0.2, 0) is 33.4 Å². The molecule has 2 unspecified atom stereocenters. The molecule has 0 aromatic heterocycles. The highest BCUT2D eigenvalue weighted by molar-refractivity contribution is 7.90. The van der Waals surface area contributed by atoms with Crippen LogP contribution < -0.4 is 5.32 Å². The van der Waals surface area contributed by atoms with Gasteiger partial charge >= 0.3 is 0 Å². The van der Waals surface area contributed by atoms with E-state index >= 15 is 0 Å². The average molecular weight is 493 g/mol. The normalized spacial score (nSPS) is 18.8. The highest BCUT2D eigenvalue weighted by Gasteiger charge is 2.22. The number of carbonyl (C=O) groups is 1. The Morgan fingerprint density at radius 3 is 2.23 bits per heavy atom. The minimum absolute atomic E-state index is 0.152. The number of nitrogens with one attached hydrogen (secondary N) is 1. The van der Waals surface area contributed by atoms with E-state index in [1.807, 2.05) is 12.1 Å². The van der Waals surface area contributed by atoms with Crippen LogP contribution in [0.5, 0.6) is 0 Å². The quantitative estimate of drug-likeness (QED) is 0.510. The summed E-state index contributed by atoms with van der Waals surface area (Å²) >= 11 is 0. The summed E-state index contributed by atoms with van der Waals surface area (Å²) in [6.45, 7) is 7.33. The molecule has 1 fully saturated rings. The van der Waals surface area contributed by atoms with E-state index in [0.717, 1.165) is 25.2 Å². The molecule has 6 nitrogen and oxygen atoms in total. The van der Waals surface area contributed by atoms with Crippen LogP contribution in [0.1, 0.15) is 40.9 Å². The van der Waals surface area contributed by atoms with Gasteiger partial charge in [0.25, 0.3) is 5.91 Å². The van der Waals surface area contributed by atoms with Crippen LogP contribution in [0.2, 0.25) is 0 Å². The molecule has 7 heteroatoms. The van der Waals surface area contributed by atoms with Gasteiger partial charge in [-0.25, -0.2) is 8.42 Å². The van der Waals surface area contributed by atoms with E-state index in [1.54, 1.807) is 54.6 Å². The topological polar surface area (TPSA) is 75.7 Å². The van der Waals surface area contributed by atoms with E-state index in [9.17, 15) is 13.2 Å². The van der Waals surface area contributed by atoms with Gasteiger partial charge in [0.2, 0.25) is 0 Å². The van der Waals surface area contributed by atoms with Crippen LogP contribution >= 0.6 is 0 Å². The molecule has 3 aromatic rings. The lowest BCUT2D eigenvalue weighted by Crippen LogP contribution is -2.44. The SMILES string of the molecule is CC1CN(Cc2ccc(CNC(=O)c3cccc(CS(=O)(=O)c4ccccc4)c3)cc2)CC(C)O1. The second-order valence-corrected chi connectivity index (χ2v) is 11.2. The van der Waals surface area contributed by atoms with Gasteiger partial charge in [-0.2, -0.15) is 0 Å². The first kappa shape index (κ1) is 25.1.